The van der Waals surface area contributed by atoms with Crippen LogP contribution in [0.2, 0.25) is 0 Å². The van der Waals surface area contributed by atoms with Crippen molar-refractivity contribution >= 4 is 21.7 Å². The predicted octanol–water partition coefficient (Wildman–Crippen LogP) is -0.708. The zero-order chi connectivity index (χ0) is 14.9. The summed E-state index contributed by atoms with van der Waals surface area (Å²) in [5.74, 6) is -0.297. The molecule has 112 valence electrons. The minimum absolute atomic E-state index is 0.0826. The van der Waals surface area contributed by atoms with Gasteiger partial charge >= 0.3 is 0 Å². The van der Waals surface area contributed by atoms with Crippen molar-refractivity contribution in [2.24, 2.45) is 7.05 Å². The first-order chi connectivity index (χ1) is 9.31. The van der Waals surface area contributed by atoms with Gasteiger partial charge in [-0.3, -0.25) is 9.48 Å². The number of carbonyl (C=O) groups is 1. The third-order valence-corrected chi connectivity index (χ3v) is 4.79. The average Bonchev–Trinajstić information content (AvgIpc) is 2.97. The van der Waals surface area contributed by atoms with Crippen LogP contribution in [0.4, 0.5) is 5.82 Å². The smallest absolute Gasteiger partial charge is 0.246 e. The van der Waals surface area contributed by atoms with Gasteiger partial charge in [0.1, 0.15) is 4.90 Å². The second-order valence-corrected chi connectivity index (χ2v) is 6.61. The van der Waals surface area contributed by atoms with Crippen molar-refractivity contribution in [2.75, 3.05) is 18.8 Å². The van der Waals surface area contributed by atoms with Crippen LogP contribution in [-0.4, -0.2) is 48.1 Å². The van der Waals surface area contributed by atoms with Gasteiger partial charge in [-0.1, -0.05) is 0 Å². The molecule has 8 nitrogen and oxygen atoms in total. The molecule has 0 bridgehead atoms. The summed E-state index contributed by atoms with van der Waals surface area (Å²) in [6.45, 7) is 2.89. The fourth-order valence-electron chi connectivity index (χ4n) is 2.25. The molecule has 1 aliphatic rings. The number of hydrogen-bond donors (Lipinski definition) is 2. The van der Waals surface area contributed by atoms with E-state index < -0.39 is 16.1 Å². The quantitative estimate of drug-likeness (QED) is 0.763. The number of rotatable bonds is 4. The summed E-state index contributed by atoms with van der Waals surface area (Å²) < 4.78 is 28.0. The lowest BCUT2D eigenvalue weighted by molar-refractivity contribution is -0.131. The molecule has 1 atom stereocenters. The Bertz CT molecular complexity index is 604. The van der Waals surface area contributed by atoms with Crippen LogP contribution in [0.1, 0.15) is 19.8 Å². The molecule has 1 aliphatic heterocycles. The van der Waals surface area contributed by atoms with Crippen LogP contribution in [0.25, 0.3) is 0 Å². The summed E-state index contributed by atoms with van der Waals surface area (Å²) in [6.07, 6.45) is 3.23. The second-order valence-electron chi connectivity index (χ2n) is 4.93. The molecule has 1 fully saturated rings. The summed E-state index contributed by atoms with van der Waals surface area (Å²) in [6, 6.07) is -0.822. The number of nitrogens with zero attached hydrogens (tertiary/aromatic N) is 3. The van der Waals surface area contributed by atoms with E-state index in [-0.39, 0.29) is 16.6 Å². The molecular weight excluding hydrogens is 282 g/mol. The first-order valence-corrected chi connectivity index (χ1v) is 7.90. The van der Waals surface area contributed by atoms with Gasteiger partial charge in [-0.15, -0.1) is 0 Å². The number of carbonyl (C=O) groups excluding carboxylic acids is 1. The maximum Gasteiger partial charge on any atom is 0.246 e. The molecule has 1 saturated heterocycles. The Labute approximate surface area is 118 Å². The maximum absolute atomic E-state index is 12.2. The highest BCUT2D eigenvalue weighted by Crippen LogP contribution is 2.16. The van der Waals surface area contributed by atoms with E-state index >= 15 is 0 Å². The van der Waals surface area contributed by atoms with Gasteiger partial charge in [-0.05, 0) is 19.8 Å². The molecule has 0 spiro atoms. The topological polar surface area (TPSA) is 110 Å². The Morgan fingerprint density at radius 3 is 2.55 bits per heavy atom. The van der Waals surface area contributed by atoms with Crippen molar-refractivity contribution in [3.05, 3.63) is 6.20 Å². The van der Waals surface area contributed by atoms with Crippen molar-refractivity contribution in [2.45, 2.75) is 30.7 Å². The molecule has 1 amide bonds. The summed E-state index contributed by atoms with van der Waals surface area (Å²) >= 11 is 0. The molecule has 2 heterocycles. The Morgan fingerprint density at radius 2 is 2.05 bits per heavy atom. The predicted molar refractivity (Wildman–Crippen MR) is 73.2 cm³/mol. The van der Waals surface area contributed by atoms with Gasteiger partial charge in [-0.2, -0.15) is 9.82 Å². The average molecular weight is 301 g/mol. The number of hydrogen-bond acceptors (Lipinski definition) is 5. The van der Waals surface area contributed by atoms with Crippen molar-refractivity contribution in [1.29, 1.82) is 0 Å². The molecule has 1 unspecified atom stereocenters. The van der Waals surface area contributed by atoms with E-state index in [9.17, 15) is 13.2 Å². The molecule has 0 aliphatic carbocycles. The van der Waals surface area contributed by atoms with Gasteiger partial charge < -0.3 is 10.6 Å². The largest absolute Gasteiger partial charge is 0.381 e. The third-order valence-electron chi connectivity index (χ3n) is 3.23. The number of amides is 1. The lowest BCUT2D eigenvalue weighted by Crippen LogP contribution is -2.45. The van der Waals surface area contributed by atoms with Crippen LogP contribution >= 0.6 is 0 Å². The summed E-state index contributed by atoms with van der Waals surface area (Å²) in [5.41, 5.74) is 5.56. The van der Waals surface area contributed by atoms with E-state index in [1.807, 2.05) is 0 Å². The first-order valence-electron chi connectivity index (χ1n) is 6.41. The van der Waals surface area contributed by atoms with Gasteiger partial charge in [0, 0.05) is 26.3 Å². The Kier molecular flexibility index (Phi) is 4.00. The maximum atomic E-state index is 12.2. The molecule has 9 heteroatoms. The van der Waals surface area contributed by atoms with E-state index in [0.717, 1.165) is 12.8 Å². The molecule has 20 heavy (non-hydrogen) atoms. The van der Waals surface area contributed by atoms with Gasteiger partial charge in [0.05, 0.1) is 6.04 Å². The van der Waals surface area contributed by atoms with Gasteiger partial charge in [0.25, 0.3) is 0 Å². The fraction of sp³-hybridized carbons (Fsp3) is 0.636. The van der Waals surface area contributed by atoms with Crippen molar-refractivity contribution in [3.8, 4) is 0 Å². The van der Waals surface area contributed by atoms with Crippen molar-refractivity contribution in [3.63, 3.8) is 0 Å². The Morgan fingerprint density at radius 1 is 1.45 bits per heavy atom. The van der Waals surface area contributed by atoms with Crippen molar-refractivity contribution in [1.82, 2.24) is 19.4 Å². The number of aryl methyl sites for hydroxylation is 1. The summed E-state index contributed by atoms with van der Waals surface area (Å²) in [4.78, 5) is 13.6. The highest BCUT2D eigenvalue weighted by Gasteiger charge is 2.29. The van der Waals surface area contributed by atoms with E-state index in [0.29, 0.717) is 13.1 Å². The number of anilines is 1. The lowest BCUT2D eigenvalue weighted by atomic mass is 10.3. The SMILES string of the molecule is CC(NS(=O)(=O)c1cn(C)nc1N)C(=O)N1CCCC1. The van der Waals surface area contributed by atoms with E-state index in [4.69, 9.17) is 5.73 Å². The van der Waals surface area contributed by atoms with Crippen LogP contribution in [0.5, 0.6) is 0 Å². The van der Waals surface area contributed by atoms with Gasteiger partial charge in [0.15, 0.2) is 5.82 Å². The Balaban J connectivity index is 2.11. The first kappa shape index (κ1) is 14.8. The lowest BCUT2D eigenvalue weighted by Gasteiger charge is -2.20. The molecule has 3 N–H and O–H groups in total. The summed E-state index contributed by atoms with van der Waals surface area (Å²) in [7, 11) is -2.27. The summed E-state index contributed by atoms with van der Waals surface area (Å²) in [5, 5.41) is 3.79. The fourth-order valence-corrected chi connectivity index (χ4v) is 3.55. The molecule has 0 aromatic carbocycles. The van der Waals surface area contributed by atoms with E-state index in [1.54, 1.807) is 11.9 Å². The van der Waals surface area contributed by atoms with Crippen molar-refractivity contribution < 1.29 is 13.2 Å². The number of likely N-dealkylation sites (tertiary alicyclic amines) is 1. The van der Waals surface area contributed by atoms with Crippen LogP contribution in [0, 0.1) is 0 Å². The third kappa shape index (κ3) is 2.93. The number of nitrogen functional groups attached to an aromatic ring is 1. The standard InChI is InChI=1S/C11H19N5O3S/c1-8(11(17)16-5-3-4-6-16)14-20(18,19)9-7-15(2)13-10(9)12/h7-8,14H,3-6H2,1-2H3,(H2,12,13). The minimum Gasteiger partial charge on any atom is -0.381 e. The highest BCUT2D eigenvalue weighted by atomic mass is 32.2. The number of aromatic nitrogens is 2. The molecule has 0 radical (unpaired) electrons. The zero-order valence-corrected chi connectivity index (χ0v) is 12.4. The molecule has 2 rings (SSSR count). The Hall–Kier alpha value is -1.61. The highest BCUT2D eigenvalue weighted by molar-refractivity contribution is 7.89. The van der Waals surface area contributed by atoms with E-state index in [2.05, 4.69) is 9.82 Å². The van der Waals surface area contributed by atoms with Gasteiger partial charge in [-0.25, -0.2) is 8.42 Å². The van der Waals surface area contributed by atoms with Gasteiger partial charge in [0.2, 0.25) is 15.9 Å². The monoisotopic (exact) mass is 301 g/mol. The normalized spacial score (nSPS) is 17.4. The van der Waals surface area contributed by atoms with Crippen LogP contribution < -0.4 is 10.5 Å². The molecule has 1 aromatic rings. The van der Waals surface area contributed by atoms with Crippen LogP contribution in [0.3, 0.4) is 0 Å². The second kappa shape index (κ2) is 5.41. The number of nitrogens with two attached hydrogens (primary N) is 1. The molecule has 0 saturated carbocycles. The number of sulfonamides is 1. The number of nitrogens with one attached hydrogen (secondary N) is 1. The minimum atomic E-state index is -3.85. The molecule has 1 aromatic heterocycles. The van der Waals surface area contributed by atoms with Crippen LogP contribution in [-0.2, 0) is 21.9 Å². The van der Waals surface area contributed by atoms with E-state index in [1.165, 1.54) is 17.8 Å². The molecular formula is C11H19N5O3S. The zero-order valence-electron chi connectivity index (χ0n) is 11.5. The van der Waals surface area contributed by atoms with Crippen LogP contribution in [0.15, 0.2) is 11.1 Å².